The molecule has 0 spiro atoms. The van der Waals surface area contributed by atoms with Crippen LogP contribution in [0.15, 0.2) is 46.2 Å². The zero-order valence-corrected chi connectivity index (χ0v) is 12.6. The van der Waals surface area contributed by atoms with E-state index in [4.69, 9.17) is 11.5 Å². The van der Waals surface area contributed by atoms with Crippen molar-refractivity contribution in [2.75, 3.05) is 12.3 Å². The van der Waals surface area contributed by atoms with Gasteiger partial charge in [0.2, 0.25) is 0 Å². The Morgan fingerprint density at radius 3 is 2.71 bits per heavy atom. The molecule has 0 fully saturated rings. The van der Waals surface area contributed by atoms with Crippen LogP contribution >= 0.6 is 11.8 Å². The van der Waals surface area contributed by atoms with Crippen molar-refractivity contribution in [2.24, 2.45) is 5.73 Å². The van der Waals surface area contributed by atoms with Crippen LogP contribution in [0.1, 0.15) is 11.4 Å². The normalized spacial score (nSPS) is 11.1. The van der Waals surface area contributed by atoms with Crippen molar-refractivity contribution in [2.45, 2.75) is 23.1 Å². The Bertz CT molecular complexity index is 767. The van der Waals surface area contributed by atoms with Gasteiger partial charge in [-0.1, -0.05) is 30.0 Å². The van der Waals surface area contributed by atoms with Crippen LogP contribution in [0.25, 0.3) is 5.65 Å². The third-order valence-corrected chi connectivity index (χ3v) is 4.24. The monoisotopic (exact) mass is 299 g/mol. The maximum Gasteiger partial charge on any atom is 0.171 e. The number of benzene rings is 1. The highest BCUT2D eigenvalue weighted by Crippen LogP contribution is 2.34. The van der Waals surface area contributed by atoms with Crippen molar-refractivity contribution < 1.29 is 0 Å². The molecule has 0 saturated heterocycles. The summed E-state index contributed by atoms with van der Waals surface area (Å²) in [5.41, 5.74) is 14.5. The lowest BCUT2D eigenvalue weighted by Crippen LogP contribution is -2.09. The molecule has 0 aliphatic rings. The second kappa shape index (κ2) is 5.75. The summed E-state index contributed by atoms with van der Waals surface area (Å²) >= 11 is 1.58. The zero-order chi connectivity index (χ0) is 14.8. The van der Waals surface area contributed by atoms with Crippen LogP contribution in [0, 0.1) is 6.92 Å². The first kappa shape index (κ1) is 13.9. The predicted octanol–water partition coefficient (Wildman–Crippen LogP) is 2.27. The van der Waals surface area contributed by atoms with Gasteiger partial charge in [-0.05, 0) is 31.7 Å². The Labute approximate surface area is 127 Å². The van der Waals surface area contributed by atoms with Gasteiger partial charge in [-0.2, -0.15) is 0 Å². The molecule has 1 aromatic carbocycles. The maximum absolute atomic E-state index is 6.09. The van der Waals surface area contributed by atoms with Gasteiger partial charge < -0.3 is 11.5 Å². The van der Waals surface area contributed by atoms with Gasteiger partial charge in [0.15, 0.2) is 11.5 Å². The molecular formula is C15H17N5S. The predicted molar refractivity (Wildman–Crippen MR) is 85.5 cm³/mol. The summed E-state index contributed by atoms with van der Waals surface area (Å²) in [4.78, 5) is 6.60. The van der Waals surface area contributed by atoms with Crippen molar-refractivity contribution in [3.63, 3.8) is 0 Å². The van der Waals surface area contributed by atoms with E-state index < -0.39 is 0 Å². The quantitative estimate of drug-likeness (QED) is 0.772. The number of aryl methyl sites for hydroxylation is 1. The molecule has 2 heterocycles. The number of rotatable bonds is 4. The highest BCUT2D eigenvalue weighted by molar-refractivity contribution is 7.99. The van der Waals surface area contributed by atoms with E-state index >= 15 is 0 Å². The SMILES string of the molecule is Cc1cc(CCN)n2nc(N)c(Sc3ccccc3)c2n1. The highest BCUT2D eigenvalue weighted by atomic mass is 32.2. The summed E-state index contributed by atoms with van der Waals surface area (Å²) in [6.07, 6.45) is 0.746. The topological polar surface area (TPSA) is 82.2 Å². The van der Waals surface area contributed by atoms with Gasteiger partial charge in [-0.25, -0.2) is 9.50 Å². The van der Waals surface area contributed by atoms with Gasteiger partial charge in [-0.15, -0.1) is 5.10 Å². The number of hydrogen-bond donors (Lipinski definition) is 2. The number of nitrogens with two attached hydrogens (primary N) is 2. The first-order valence-corrected chi connectivity index (χ1v) is 7.58. The van der Waals surface area contributed by atoms with Crippen molar-refractivity contribution in [3.05, 3.63) is 47.8 Å². The Hall–Kier alpha value is -2.05. The van der Waals surface area contributed by atoms with Crippen molar-refractivity contribution >= 4 is 23.2 Å². The second-order valence-corrected chi connectivity index (χ2v) is 5.88. The molecule has 6 heteroatoms. The van der Waals surface area contributed by atoms with Gasteiger partial charge >= 0.3 is 0 Å². The minimum Gasteiger partial charge on any atom is -0.381 e. The summed E-state index contributed by atoms with van der Waals surface area (Å²) in [6, 6.07) is 12.1. The summed E-state index contributed by atoms with van der Waals surface area (Å²) < 4.78 is 1.81. The second-order valence-electron chi connectivity index (χ2n) is 4.79. The number of fused-ring (bicyclic) bond motifs is 1. The van der Waals surface area contributed by atoms with E-state index in [9.17, 15) is 0 Å². The number of nitrogen functional groups attached to an aromatic ring is 1. The zero-order valence-electron chi connectivity index (χ0n) is 11.8. The lowest BCUT2D eigenvalue weighted by atomic mass is 10.2. The molecule has 0 radical (unpaired) electrons. The van der Waals surface area contributed by atoms with Crippen LogP contribution in [0.3, 0.4) is 0 Å². The van der Waals surface area contributed by atoms with Gasteiger partial charge in [0.1, 0.15) is 4.90 Å². The standard InChI is InChI=1S/C15H17N5S/c1-10-9-11(7-8-16)20-15(18-10)13(14(17)19-20)21-12-5-3-2-4-6-12/h2-6,9H,7-8,16H2,1H3,(H2,17,19). The van der Waals surface area contributed by atoms with Gasteiger partial charge in [0, 0.05) is 22.7 Å². The van der Waals surface area contributed by atoms with Gasteiger partial charge in [0.25, 0.3) is 0 Å². The van der Waals surface area contributed by atoms with Crippen LogP contribution in [0.2, 0.25) is 0 Å². The summed E-state index contributed by atoms with van der Waals surface area (Å²) in [7, 11) is 0. The van der Waals surface area contributed by atoms with Crippen LogP contribution in [-0.2, 0) is 6.42 Å². The molecule has 21 heavy (non-hydrogen) atoms. The summed E-state index contributed by atoms with van der Waals surface area (Å²) in [6.45, 7) is 2.54. The van der Waals surface area contributed by atoms with Crippen LogP contribution in [-0.4, -0.2) is 21.1 Å². The Morgan fingerprint density at radius 2 is 2.00 bits per heavy atom. The summed E-state index contributed by atoms with van der Waals surface area (Å²) in [5, 5.41) is 4.42. The molecule has 108 valence electrons. The van der Waals surface area contributed by atoms with E-state index in [-0.39, 0.29) is 0 Å². The molecular weight excluding hydrogens is 282 g/mol. The first-order valence-electron chi connectivity index (χ1n) is 6.76. The fraction of sp³-hybridized carbons (Fsp3) is 0.200. The maximum atomic E-state index is 6.09. The molecule has 4 N–H and O–H groups in total. The number of nitrogens with zero attached hydrogens (tertiary/aromatic N) is 3. The molecule has 0 aliphatic heterocycles. The fourth-order valence-electron chi connectivity index (χ4n) is 2.24. The van der Waals surface area contributed by atoms with E-state index in [1.54, 1.807) is 16.3 Å². The molecule has 5 nitrogen and oxygen atoms in total. The molecule has 0 atom stereocenters. The van der Waals surface area contributed by atoms with E-state index in [0.29, 0.717) is 12.4 Å². The lowest BCUT2D eigenvalue weighted by molar-refractivity contribution is 0.813. The van der Waals surface area contributed by atoms with E-state index in [1.165, 1.54) is 0 Å². The smallest absolute Gasteiger partial charge is 0.171 e. The minimum atomic E-state index is 0.500. The molecule has 0 bridgehead atoms. The van der Waals surface area contributed by atoms with Crippen molar-refractivity contribution in [1.82, 2.24) is 14.6 Å². The molecule has 3 rings (SSSR count). The Morgan fingerprint density at radius 1 is 1.24 bits per heavy atom. The van der Waals surface area contributed by atoms with Gasteiger partial charge in [-0.3, -0.25) is 0 Å². The van der Waals surface area contributed by atoms with E-state index in [0.717, 1.165) is 33.2 Å². The largest absolute Gasteiger partial charge is 0.381 e. The Balaban J connectivity index is 2.12. The van der Waals surface area contributed by atoms with Gasteiger partial charge in [0.05, 0.1) is 0 Å². The van der Waals surface area contributed by atoms with E-state index in [1.807, 2.05) is 43.3 Å². The number of aromatic nitrogens is 3. The van der Waals surface area contributed by atoms with Crippen LogP contribution in [0.5, 0.6) is 0 Å². The molecule has 0 amide bonds. The average Bonchev–Trinajstić information content (AvgIpc) is 2.78. The third-order valence-electron chi connectivity index (χ3n) is 3.14. The van der Waals surface area contributed by atoms with E-state index in [2.05, 4.69) is 10.1 Å². The average molecular weight is 299 g/mol. The molecule has 0 unspecified atom stereocenters. The Kier molecular flexibility index (Phi) is 3.81. The minimum absolute atomic E-state index is 0.500. The first-order chi connectivity index (χ1) is 10.2. The lowest BCUT2D eigenvalue weighted by Gasteiger charge is -2.05. The molecule has 3 aromatic rings. The fourth-order valence-corrected chi connectivity index (χ4v) is 3.14. The summed E-state index contributed by atoms with van der Waals surface area (Å²) in [5.74, 6) is 0.500. The van der Waals surface area contributed by atoms with Crippen molar-refractivity contribution in [3.8, 4) is 0 Å². The number of anilines is 1. The molecule has 0 saturated carbocycles. The molecule has 0 aliphatic carbocycles. The van der Waals surface area contributed by atoms with Crippen LogP contribution in [0.4, 0.5) is 5.82 Å². The molecule has 2 aromatic heterocycles. The van der Waals surface area contributed by atoms with Crippen LogP contribution < -0.4 is 11.5 Å². The third kappa shape index (κ3) is 2.72. The van der Waals surface area contributed by atoms with Crippen molar-refractivity contribution in [1.29, 1.82) is 0 Å². The number of hydrogen-bond acceptors (Lipinski definition) is 5. The highest BCUT2D eigenvalue weighted by Gasteiger charge is 2.15.